The normalized spacial score (nSPS) is 22.4. The van der Waals surface area contributed by atoms with Crippen LogP contribution >= 0.6 is 0 Å². The van der Waals surface area contributed by atoms with Gasteiger partial charge in [-0.15, -0.1) is 0 Å². The van der Waals surface area contributed by atoms with Gasteiger partial charge in [-0.25, -0.2) is 9.18 Å². The number of nitrogens with zero attached hydrogens (tertiary/aromatic N) is 3. The summed E-state index contributed by atoms with van der Waals surface area (Å²) in [5.41, 5.74) is 0.666. The zero-order chi connectivity index (χ0) is 18.5. The number of halogens is 1. The molecule has 2 fully saturated rings. The van der Waals surface area contributed by atoms with E-state index in [-0.39, 0.29) is 17.9 Å². The molecule has 5 nitrogen and oxygen atoms in total. The van der Waals surface area contributed by atoms with Crippen molar-refractivity contribution < 1.29 is 9.18 Å². The summed E-state index contributed by atoms with van der Waals surface area (Å²) in [6.45, 7) is 3.20. The summed E-state index contributed by atoms with van der Waals surface area (Å²) in [7, 11) is 4.23. The van der Waals surface area contributed by atoms with Gasteiger partial charge in [-0.1, -0.05) is 12.1 Å². The Morgan fingerprint density at radius 3 is 2.50 bits per heavy atom. The minimum absolute atomic E-state index is 0.0637. The fourth-order valence-corrected chi connectivity index (χ4v) is 4.04. The first-order valence-corrected chi connectivity index (χ1v) is 9.76. The van der Waals surface area contributed by atoms with Crippen LogP contribution in [0.2, 0.25) is 0 Å². The number of carbonyl (C=O) groups excluding carboxylic acids is 1. The van der Waals surface area contributed by atoms with Crippen molar-refractivity contribution in [3.8, 4) is 0 Å². The van der Waals surface area contributed by atoms with Crippen LogP contribution in [0.15, 0.2) is 24.3 Å². The summed E-state index contributed by atoms with van der Waals surface area (Å²) in [5, 5.41) is 3.20. The van der Waals surface area contributed by atoms with E-state index in [1.54, 1.807) is 6.07 Å². The molecule has 0 aromatic heterocycles. The van der Waals surface area contributed by atoms with Crippen LogP contribution in [0.3, 0.4) is 0 Å². The first-order chi connectivity index (χ1) is 12.5. The van der Waals surface area contributed by atoms with Crippen molar-refractivity contribution in [2.75, 3.05) is 45.2 Å². The Morgan fingerprint density at radius 1 is 1.08 bits per heavy atom. The number of anilines is 1. The Morgan fingerprint density at radius 2 is 1.81 bits per heavy atom. The molecule has 0 aliphatic carbocycles. The number of carbonyl (C=O) groups is 1. The lowest BCUT2D eigenvalue weighted by Gasteiger charge is -2.35. The largest absolute Gasteiger partial charge is 0.369 e. The fourth-order valence-electron chi connectivity index (χ4n) is 4.04. The van der Waals surface area contributed by atoms with Gasteiger partial charge in [0.15, 0.2) is 0 Å². The van der Waals surface area contributed by atoms with Crippen LogP contribution < -0.4 is 10.2 Å². The molecule has 1 aromatic rings. The molecule has 1 aromatic carbocycles. The third kappa shape index (κ3) is 4.67. The third-order valence-electron chi connectivity index (χ3n) is 5.73. The standard InChI is InChI=1S/C20H31FN4O/c1-23(2)17-6-5-12-25(15-11-17)20(26)22-16-9-13-24(14-10-16)19-8-4-3-7-18(19)21/h3-4,7-8,16-17H,5-6,9-15H2,1-2H3,(H,22,26). The molecule has 1 unspecified atom stereocenters. The van der Waals surface area contributed by atoms with Gasteiger partial charge in [0.2, 0.25) is 0 Å². The topological polar surface area (TPSA) is 38.8 Å². The second-order valence-corrected chi connectivity index (χ2v) is 7.70. The summed E-state index contributed by atoms with van der Waals surface area (Å²) in [4.78, 5) is 18.9. The van der Waals surface area contributed by atoms with E-state index in [0.717, 1.165) is 58.3 Å². The van der Waals surface area contributed by atoms with E-state index in [4.69, 9.17) is 0 Å². The van der Waals surface area contributed by atoms with Crippen LogP contribution in [-0.2, 0) is 0 Å². The van der Waals surface area contributed by atoms with Crippen LogP contribution in [0, 0.1) is 5.82 Å². The van der Waals surface area contributed by atoms with E-state index < -0.39 is 0 Å². The zero-order valence-corrected chi connectivity index (χ0v) is 16.0. The maximum absolute atomic E-state index is 13.9. The lowest BCUT2D eigenvalue weighted by molar-refractivity contribution is 0.191. The lowest BCUT2D eigenvalue weighted by Crippen LogP contribution is -2.49. The van der Waals surface area contributed by atoms with Crippen molar-refractivity contribution in [1.29, 1.82) is 0 Å². The number of para-hydroxylation sites is 1. The molecular weight excluding hydrogens is 331 g/mol. The van der Waals surface area contributed by atoms with Crippen LogP contribution in [0.25, 0.3) is 0 Å². The highest BCUT2D eigenvalue weighted by Gasteiger charge is 2.26. The van der Waals surface area contributed by atoms with Gasteiger partial charge < -0.3 is 20.0 Å². The Kier molecular flexibility index (Phi) is 6.35. The van der Waals surface area contributed by atoms with Crippen LogP contribution in [0.1, 0.15) is 32.1 Å². The smallest absolute Gasteiger partial charge is 0.317 e. The van der Waals surface area contributed by atoms with Gasteiger partial charge in [0, 0.05) is 38.3 Å². The van der Waals surface area contributed by atoms with Crippen molar-refractivity contribution in [1.82, 2.24) is 15.1 Å². The molecule has 144 valence electrons. The van der Waals surface area contributed by atoms with Gasteiger partial charge in [-0.05, 0) is 58.3 Å². The van der Waals surface area contributed by atoms with E-state index >= 15 is 0 Å². The lowest BCUT2D eigenvalue weighted by atomic mass is 10.0. The van der Waals surface area contributed by atoms with E-state index in [1.165, 1.54) is 6.07 Å². The second kappa shape index (κ2) is 8.71. The van der Waals surface area contributed by atoms with Gasteiger partial charge in [0.1, 0.15) is 5.82 Å². The summed E-state index contributed by atoms with van der Waals surface area (Å²) >= 11 is 0. The van der Waals surface area contributed by atoms with Crippen molar-refractivity contribution in [3.05, 3.63) is 30.1 Å². The Bertz CT molecular complexity index is 601. The molecule has 0 spiro atoms. The SMILES string of the molecule is CN(C)C1CCCN(C(=O)NC2CCN(c3ccccc3F)CC2)CC1. The highest BCUT2D eigenvalue weighted by atomic mass is 19.1. The molecular formula is C20H31FN4O. The molecule has 1 N–H and O–H groups in total. The number of nitrogens with one attached hydrogen (secondary N) is 1. The number of amides is 2. The van der Waals surface area contributed by atoms with Crippen molar-refractivity contribution in [2.45, 2.75) is 44.2 Å². The summed E-state index contributed by atoms with van der Waals surface area (Å²) in [6, 6.07) is 7.72. The van der Waals surface area contributed by atoms with E-state index in [2.05, 4.69) is 29.2 Å². The Hall–Kier alpha value is -1.82. The molecule has 1 atom stereocenters. The van der Waals surface area contributed by atoms with Gasteiger partial charge >= 0.3 is 6.03 Å². The molecule has 0 saturated carbocycles. The minimum atomic E-state index is -0.171. The summed E-state index contributed by atoms with van der Waals surface area (Å²) < 4.78 is 13.9. The number of rotatable bonds is 3. The van der Waals surface area contributed by atoms with Crippen molar-refractivity contribution >= 4 is 11.7 Å². The number of piperidine rings is 1. The maximum atomic E-state index is 13.9. The van der Waals surface area contributed by atoms with Crippen LogP contribution in [0.4, 0.5) is 14.9 Å². The van der Waals surface area contributed by atoms with E-state index in [1.807, 2.05) is 17.0 Å². The Labute approximate surface area is 156 Å². The fraction of sp³-hybridized carbons (Fsp3) is 0.650. The highest BCUT2D eigenvalue weighted by Crippen LogP contribution is 2.23. The molecule has 2 amide bonds. The van der Waals surface area contributed by atoms with Gasteiger partial charge in [-0.2, -0.15) is 0 Å². The summed E-state index contributed by atoms with van der Waals surface area (Å²) in [5.74, 6) is -0.171. The number of benzene rings is 1. The molecule has 2 aliphatic heterocycles. The van der Waals surface area contributed by atoms with Crippen LogP contribution in [-0.4, -0.2) is 68.2 Å². The Balaban J connectivity index is 1.47. The second-order valence-electron chi connectivity index (χ2n) is 7.70. The van der Waals surface area contributed by atoms with Crippen molar-refractivity contribution in [2.24, 2.45) is 0 Å². The first kappa shape index (κ1) is 19.0. The van der Waals surface area contributed by atoms with E-state index in [0.29, 0.717) is 11.7 Å². The number of hydrogen-bond acceptors (Lipinski definition) is 3. The number of likely N-dealkylation sites (tertiary alicyclic amines) is 1. The molecule has 2 heterocycles. The third-order valence-corrected chi connectivity index (χ3v) is 5.73. The minimum Gasteiger partial charge on any atom is -0.369 e. The monoisotopic (exact) mass is 362 g/mol. The molecule has 2 aliphatic rings. The average Bonchev–Trinajstić information content (AvgIpc) is 2.89. The molecule has 0 radical (unpaired) electrons. The quantitative estimate of drug-likeness (QED) is 0.899. The van der Waals surface area contributed by atoms with Gasteiger partial charge in [0.25, 0.3) is 0 Å². The molecule has 0 bridgehead atoms. The maximum Gasteiger partial charge on any atom is 0.317 e. The number of urea groups is 1. The van der Waals surface area contributed by atoms with Gasteiger partial charge in [-0.3, -0.25) is 0 Å². The number of hydrogen-bond donors (Lipinski definition) is 1. The zero-order valence-electron chi connectivity index (χ0n) is 16.0. The molecule has 6 heteroatoms. The highest BCUT2D eigenvalue weighted by molar-refractivity contribution is 5.74. The van der Waals surface area contributed by atoms with Gasteiger partial charge in [0.05, 0.1) is 5.69 Å². The van der Waals surface area contributed by atoms with Crippen LogP contribution in [0.5, 0.6) is 0 Å². The first-order valence-electron chi connectivity index (χ1n) is 9.76. The molecule has 26 heavy (non-hydrogen) atoms. The average molecular weight is 362 g/mol. The van der Waals surface area contributed by atoms with E-state index in [9.17, 15) is 9.18 Å². The summed E-state index contributed by atoms with van der Waals surface area (Å²) in [6.07, 6.45) is 4.95. The van der Waals surface area contributed by atoms with Crippen molar-refractivity contribution in [3.63, 3.8) is 0 Å². The predicted molar refractivity (Wildman–Crippen MR) is 103 cm³/mol. The predicted octanol–water partition coefficient (Wildman–Crippen LogP) is 2.92. The molecule has 2 saturated heterocycles. The molecule has 3 rings (SSSR count).